The Morgan fingerprint density at radius 3 is 2.46 bits per heavy atom. The van der Waals surface area contributed by atoms with Gasteiger partial charge in [0.05, 0.1) is 6.04 Å². The van der Waals surface area contributed by atoms with E-state index in [0.29, 0.717) is 6.42 Å². The molecule has 2 aromatic carbocycles. The summed E-state index contributed by atoms with van der Waals surface area (Å²) in [5, 5.41) is 2.85. The fraction of sp³-hybridized carbons (Fsp3) is 0.238. The van der Waals surface area contributed by atoms with E-state index in [1.807, 2.05) is 31.2 Å². The third kappa shape index (κ3) is 4.36. The van der Waals surface area contributed by atoms with Crippen LogP contribution in [-0.2, 0) is 9.59 Å². The van der Waals surface area contributed by atoms with Gasteiger partial charge in [0.1, 0.15) is 5.82 Å². The van der Waals surface area contributed by atoms with Gasteiger partial charge in [0.15, 0.2) is 0 Å². The smallest absolute Gasteiger partial charge is 0.244 e. The van der Waals surface area contributed by atoms with E-state index in [0.717, 1.165) is 29.8 Å². The first-order valence-corrected chi connectivity index (χ1v) is 8.67. The van der Waals surface area contributed by atoms with Crippen molar-refractivity contribution < 1.29 is 14.0 Å². The number of amides is 2. The molecule has 1 aliphatic rings. The molecular formula is C21H21FN2O2. The number of anilines is 1. The first-order valence-electron chi connectivity index (χ1n) is 8.67. The maximum atomic E-state index is 12.9. The number of benzene rings is 2. The van der Waals surface area contributed by atoms with E-state index in [-0.39, 0.29) is 23.7 Å². The molecule has 3 rings (SSSR count). The Morgan fingerprint density at radius 2 is 1.85 bits per heavy atom. The first-order chi connectivity index (χ1) is 12.5. The van der Waals surface area contributed by atoms with Gasteiger partial charge >= 0.3 is 0 Å². The molecule has 134 valence electrons. The van der Waals surface area contributed by atoms with Crippen molar-refractivity contribution in [2.45, 2.75) is 25.8 Å². The van der Waals surface area contributed by atoms with Crippen LogP contribution in [0.25, 0.3) is 6.08 Å². The Hall–Kier alpha value is -2.95. The summed E-state index contributed by atoms with van der Waals surface area (Å²) in [4.78, 5) is 25.6. The fourth-order valence-corrected chi connectivity index (χ4v) is 2.95. The molecular weight excluding hydrogens is 331 g/mol. The molecule has 4 nitrogen and oxygen atoms in total. The minimum Gasteiger partial charge on any atom is -0.346 e. The molecule has 2 amide bonds. The van der Waals surface area contributed by atoms with Crippen LogP contribution in [0.3, 0.4) is 0 Å². The van der Waals surface area contributed by atoms with Crippen molar-refractivity contribution in [3.05, 3.63) is 71.6 Å². The molecule has 1 fully saturated rings. The highest BCUT2D eigenvalue weighted by atomic mass is 19.1. The largest absolute Gasteiger partial charge is 0.346 e. The third-order valence-corrected chi connectivity index (χ3v) is 4.43. The van der Waals surface area contributed by atoms with Crippen LogP contribution in [0.15, 0.2) is 54.6 Å². The SMILES string of the molecule is CC(NC(=O)/C=C/c1ccc(N2CCCC2=O)cc1)c1ccc(F)cc1. The number of nitrogens with zero attached hydrogens (tertiary/aromatic N) is 1. The van der Waals surface area contributed by atoms with Gasteiger partial charge in [0, 0.05) is 24.7 Å². The average Bonchev–Trinajstić information content (AvgIpc) is 3.07. The highest BCUT2D eigenvalue weighted by molar-refractivity contribution is 5.95. The van der Waals surface area contributed by atoms with Gasteiger partial charge in [0.25, 0.3) is 0 Å². The number of carbonyl (C=O) groups excluding carboxylic acids is 2. The van der Waals surface area contributed by atoms with Gasteiger partial charge in [-0.05, 0) is 54.8 Å². The second-order valence-electron chi connectivity index (χ2n) is 6.36. The molecule has 1 atom stereocenters. The average molecular weight is 352 g/mol. The number of halogens is 1. The zero-order valence-electron chi connectivity index (χ0n) is 14.6. The number of rotatable bonds is 5. The second-order valence-corrected chi connectivity index (χ2v) is 6.36. The molecule has 0 saturated carbocycles. The van der Waals surface area contributed by atoms with Crippen LogP contribution in [0.2, 0.25) is 0 Å². The van der Waals surface area contributed by atoms with E-state index in [1.54, 1.807) is 23.1 Å². The molecule has 1 saturated heterocycles. The fourth-order valence-electron chi connectivity index (χ4n) is 2.95. The van der Waals surface area contributed by atoms with Crippen molar-refractivity contribution in [3.63, 3.8) is 0 Å². The van der Waals surface area contributed by atoms with Gasteiger partial charge in [-0.3, -0.25) is 9.59 Å². The lowest BCUT2D eigenvalue weighted by molar-refractivity contribution is -0.117. The van der Waals surface area contributed by atoms with Crippen molar-refractivity contribution in [1.29, 1.82) is 0 Å². The van der Waals surface area contributed by atoms with E-state index in [4.69, 9.17) is 0 Å². The number of carbonyl (C=O) groups is 2. The highest BCUT2D eigenvalue weighted by Gasteiger charge is 2.21. The summed E-state index contributed by atoms with van der Waals surface area (Å²) in [6.45, 7) is 2.61. The van der Waals surface area contributed by atoms with Gasteiger partial charge in [-0.15, -0.1) is 0 Å². The van der Waals surface area contributed by atoms with Gasteiger partial charge in [-0.1, -0.05) is 24.3 Å². The molecule has 0 aliphatic carbocycles. The third-order valence-electron chi connectivity index (χ3n) is 4.43. The monoisotopic (exact) mass is 352 g/mol. The van der Waals surface area contributed by atoms with Crippen molar-refractivity contribution in [3.8, 4) is 0 Å². The van der Waals surface area contributed by atoms with Crippen LogP contribution in [0.4, 0.5) is 10.1 Å². The molecule has 2 aromatic rings. The van der Waals surface area contributed by atoms with Crippen LogP contribution in [0.1, 0.15) is 36.9 Å². The Labute approximate surface area is 152 Å². The van der Waals surface area contributed by atoms with Crippen molar-refractivity contribution in [2.75, 3.05) is 11.4 Å². The lowest BCUT2D eigenvalue weighted by Crippen LogP contribution is -2.24. The molecule has 1 N–H and O–H groups in total. The highest BCUT2D eigenvalue weighted by Crippen LogP contribution is 2.22. The predicted octanol–water partition coefficient (Wildman–Crippen LogP) is 3.84. The van der Waals surface area contributed by atoms with Crippen molar-refractivity contribution in [2.24, 2.45) is 0 Å². The van der Waals surface area contributed by atoms with E-state index in [1.165, 1.54) is 18.2 Å². The molecule has 0 aromatic heterocycles. The summed E-state index contributed by atoms with van der Waals surface area (Å²) >= 11 is 0. The van der Waals surface area contributed by atoms with E-state index >= 15 is 0 Å². The summed E-state index contributed by atoms with van der Waals surface area (Å²) < 4.78 is 12.9. The summed E-state index contributed by atoms with van der Waals surface area (Å²) in [5.74, 6) is -0.366. The van der Waals surface area contributed by atoms with E-state index in [9.17, 15) is 14.0 Å². The normalized spacial score (nSPS) is 15.5. The van der Waals surface area contributed by atoms with Crippen LogP contribution in [0, 0.1) is 5.82 Å². The molecule has 0 radical (unpaired) electrons. The van der Waals surface area contributed by atoms with E-state index < -0.39 is 0 Å². The second kappa shape index (κ2) is 7.95. The zero-order chi connectivity index (χ0) is 18.5. The number of hydrogen-bond acceptors (Lipinski definition) is 2. The number of hydrogen-bond donors (Lipinski definition) is 1. The molecule has 1 heterocycles. The Morgan fingerprint density at radius 1 is 1.15 bits per heavy atom. The molecule has 1 unspecified atom stereocenters. The van der Waals surface area contributed by atoms with Gasteiger partial charge in [0.2, 0.25) is 11.8 Å². The summed E-state index contributed by atoms with van der Waals surface area (Å²) in [6, 6.07) is 13.4. The maximum Gasteiger partial charge on any atom is 0.244 e. The minimum absolute atomic E-state index is 0.155. The Balaban J connectivity index is 1.57. The van der Waals surface area contributed by atoms with Crippen LogP contribution in [0.5, 0.6) is 0 Å². The standard InChI is InChI=1S/C21H21FN2O2/c1-15(17-7-9-18(22)10-8-17)23-20(25)13-6-16-4-11-19(12-5-16)24-14-2-3-21(24)26/h4-13,15H,2-3,14H2,1H3,(H,23,25)/b13-6+. The lowest BCUT2D eigenvalue weighted by atomic mass is 10.1. The molecule has 0 bridgehead atoms. The zero-order valence-corrected chi connectivity index (χ0v) is 14.6. The summed E-state index contributed by atoms with van der Waals surface area (Å²) in [7, 11) is 0. The molecule has 1 aliphatic heterocycles. The van der Waals surface area contributed by atoms with Crippen LogP contribution in [-0.4, -0.2) is 18.4 Å². The lowest BCUT2D eigenvalue weighted by Gasteiger charge is -2.15. The van der Waals surface area contributed by atoms with Crippen LogP contribution >= 0.6 is 0 Å². The minimum atomic E-state index is -0.300. The summed E-state index contributed by atoms with van der Waals surface area (Å²) in [6.07, 6.45) is 4.69. The van der Waals surface area contributed by atoms with Gasteiger partial charge < -0.3 is 10.2 Å². The number of nitrogens with one attached hydrogen (secondary N) is 1. The first kappa shape index (κ1) is 17.9. The Kier molecular flexibility index (Phi) is 5.46. The van der Waals surface area contributed by atoms with Crippen molar-refractivity contribution in [1.82, 2.24) is 5.32 Å². The summed E-state index contributed by atoms with van der Waals surface area (Å²) in [5.41, 5.74) is 2.61. The molecule has 5 heteroatoms. The van der Waals surface area contributed by atoms with Crippen molar-refractivity contribution >= 4 is 23.6 Å². The quantitative estimate of drug-likeness (QED) is 0.831. The van der Waals surface area contributed by atoms with E-state index in [2.05, 4.69) is 5.32 Å². The predicted molar refractivity (Wildman–Crippen MR) is 100 cm³/mol. The van der Waals surface area contributed by atoms with Gasteiger partial charge in [-0.25, -0.2) is 4.39 Å². The van der Waals surface area contributed by atoms with Crippen LogP contribution < -0.4 is 10.2 Å². The Bertz CT molecular complexity index is 813. The van der Waals surface area contributed by atoms with Gasteiger partial charge in [-0.2, -0.15) is 0 Å². The topological polar surface area (TPSA) is 49.4 Å². The molecule has 26 heavy (non-hydrogen) atoms. The maximum absolute atomic E-state index is 12.9. The molecule has 0 spiro atoms.